The number of nitrogens with zero attached hydrogens (tertiary/aromatic N) is 3. The molecular formula is C26H20ClN5O5S. The summed E-state index contributed by atoms with van der Waals surface area (Å²) in [7, 11) is 0. The lowest BCUT2D eigenvalue weighted by molar-refractivity contribution is -0.136. The van der Waals surface area contributed by atoms with Gasteiger partial charge in [-0.1, -0.05) is 53.3 Å². The van der Waals surface area contributed by atoms with Crippen LogP contribution < -0.4 is 20.2 Å². The molecule has 0 atom stereocenters. The molecule has 4 rings (SSSR count). The maximum absolute atomic E-state index is 12.4. The van der Waals surface area contributed by atoms with Crippen LogP contribution in [0.5, 0.6) is 11.5 Å². The van der Waals surface area contributed by atoms with Crippen molar-refractivity contribution >= 4 is 52.1 Å². The first kappa shape index (κ1) is 26.5. The van der Waals surface area contributed by atoms with Gasteiger partial charge in [-0.15, -0.1) is 10.2 Å². The van der Waals surface area contributed by atoms with Gasteiger partial charge in [0.1, 0.15) is 5.01 Å². The molecular weight excluding hydrogens is 530 g/mol. The molecule has 0 fully saturated rings. The normalized spacial score (nSPS) is 10.7. The molecule has 4 aromatic rings. The third kappa shape index (κ3) is 6.99. The molecule has 12 heteroatoms. The van der Waals surface area contributed by atoms with E-state index < -0.39 is 17.8 Å². The summed E-state index contributed by atoms with van der Waals surface area (Å²) in [6.07, 6.45) is 1.32. The summed E-state index contributed by atoms with van der Waals surface area (Å²) in [5.41, 5.74) is 3.85. The van der Waals surface area contributed by atoms with Crippen molar-refractivity contribution in [3.05, 3.63) is 88.9 Å². The summed E-state index contributed by atoms with van der Waals surface area (Å²) < 4.78 is 11.0. The lowest BCUT2D eigenvalue weighted by atomic mass is 10.2. The number of esters is 1. The van der Waals surface area contributed by atoms with E-state index in [-0.39, 0.29) is 10.9 Å². The Bertz CT molecular complexity index is 1480. The highest BCUT2D eigenvalue weighted by molar-refractivity contribution is 7.18. The van der Waals surface area contributed by atoms with Gasteiger partial charge in [0.15, 0.2) is 11.5 Å². The van der Waals surface area contributed by atoms with Crippen molar-refractivity contribution in [2.45, 2.75) is 6.92 Å². The van der Waals surface area contributed by atoms with E-state index in [1.165, 1.54) is 12.3 Å². The number of aromatic nitrogens is 2. The highest BCUT2D eigenvalue weighted by atomic mass is 35.5. The number of hydrogen-bond acceptors (Lipinski definition) is 9. The Balaban J connectivity index is 1.35. The highest BCUT2D eigenvalue weighted by Gasteiger charge is 2.17. The number of halogens is 1. The average Bonchev–Trinajstić information content (AvgIpc) is 3.39. The molecule has 38 heavy (non-hydrogen) atoms. The number of carbonyl (C=O) groups is 3. The smallest absolute Gasteiger partial charge is 0.343 e. The number of hydrogen-bond donors (Lipinski definition) is 2. The summed E-state index contributed by atoms with van der Waals surface area (Å²) in [5, 5.41) is 15.4. The van der Waals surface area contributed by atoms with Gasteiger partial charge in [-0.05, 0) is 55.0 Å². The van der Waals surface area contributed by atoms with E-state index in [1.807, 2.05) is 30.3 Å². The van der Waals surface area contributed by atoms with Crippen LogP contribution in [-0.4, -0.2) is 40.8 Å². The second kappa shape index (κ2) is 12.6. The number of hydrazone groups is 1. The summed E-state index contributed by atoms with van der Waals surface area (Å²) >= 11 is 6.99. The van der Waals surface area contributed by atoms with Crippen molar-refractivity contribution in [2.75, 3.05) is 11.9 Å². The lowest BCUT2D eigenvalue weighted by Crippen LogP contribution is -2.32. The van der Waals surface area contributed by atoms with Crippen molar-refractivity contribution < 1.29 is 23.9 Å². The summed E-state index contributed by atoms with van der Waals surface area (Å²) in [6.45, 7) is 2.10. The Morgan fingerprint density at radius 3 is 2.47 bits per heavy atom. The average molecular weight is 550 g/mol. The van der Waals surface area contributed by atoms with Gasteiger partial charge in [0.2, 0.25) is 5.13 Å². The first-order chi connectivity index (χ1) is 18.4. The first-order valence-corrected chi connectivity index (χ1v) is 12.4. The molecule has 0 unspecified atom stereocenters. The molecule has 0 aliphatic rings. The van der Waals surface area contributed by atoms with Crippen LogP contribution in [-0.2, 0) is 9.59 Å². The van der Waals surface area contributed by atoms with Crippen molar-refractivity contribution in [1.82, 2.24) is 15.6 Å². The van der Waals surface area contributed by atoms with Crippen LogP contribution in [0.3, 0.4) is 0 Å². The van der Waals surface area contributed by atoms with E-state index in [1.54, 1.807) is 43.3 Å². The Labute approximate surface area is 226 Å². The number of rotatable bonds is 8. The van der Waals surface area contributed by atoms with E-state index in [0.717, 1.165) is 16.9 Å². The SMILES string of the molecule is CCOc1cc(/C=N/NC(=O)C(=O)Nc2nnc(-c3ccccc3)s2)ccc1OC(=O)c1ccc(Cl)cc1. The Morgan fingerprint density at radius 2 is 1.74 bits per heavy atom. The van der Waals surface area contributed by atoms with E-state index >= 15 is 0 Å². The number of ether oxygens (including phenoxy) is 2. The third-order valence-electron chi connectivity index (χ3n) is 4.80. The van der Waals surface area contributed by atoms with Gasteiger partial charge in [0, 0.05) is 10.6 Å². The van der Waals surface area contributed by atoms with Crippen LogP contribution in [0.1, 0.15) is 22.8 Å². The fourth-order valence-corrected chi connectivity index (χ4v) is 3.91. The number of amides is 2. The molecule has 2 N–H and O–H groups in total. The third-order valence-corrected chi connectivity index (χ3v) is 5.94. The predicted molar refractivity (Wildman–Crippen MR) is 144 cm³/mol. The van der Waals surface area contributed by atoms with Gasteiger partial charge in [0.05, 0.1) is 18.4 Å². The second-order valence-corrected chi connectivity index (χ2v) is 8.88. The maximum Gasteiger partial charge on any atom is 0.343 e. The molecule has 3 aromatic carbocycles. The fraction of sp³-hybridized carbons (Fsp3) is 0.0769. The van der Waals surface area contributed by atoms with Crippen LogP contribution in [0, 0.1) is 0 Å². The zero-order valence-electron chi connectivity index (χ0n) is 19.9. The monoisotopic (exact) mass is 549 g/mol. The Kier molecular flexibility index (Phi) is 8.75. The maximum atomic E-state index is 12.4. The molecule has 192 valence electrons. The van der Waals surface area contributed by atoms with E-state index in [9.17, 15) is 14.4 Å². The van der Waals surface area contributed by atoms with Gasteiger partial charge in [-0.2, -0.15) is 5.10 Å². The Morgan fingerprint density at radius 1 is 0.974 bits per heavy atom. The van der Waals surface area contributed by atoms with E-state index in [2.05, 4.69) is 26.0 Å². The quantitative estimate of drug-likeness (QED) is 0.108. The Hall–Kier alpha value is -4.61. The van der Waals surface area contributed by atoms with E-state index in [4.69, 9.17) is 21.1 Å². The zero-order chi connectivity index (χ0) is 26.9. The van der Waals surface area contributed by atoms with Crippen molar-refractivity contribution in [2.24, 2.45) is 5.10 Å². The van der Waals surface area contributed by atoms with Crippen LogP contribution in [0.2, 0.25) is 5.02 Å². The van der Waals surface area contributed by atoms with Gasteiger partial charge in [-0.25, -0.2) is 10.2 Å². The van der Waals surface area contributed by atoms with Gasteiger partial charge < -0.3 is 9.47 Å². The molecule has 1 heterocycles. The molecule has 2 amide bonds. The molecule has 0 saturated carbocycles. The topological polar surface area (TPSA) is 132 Å². The first-order valence-electron chi connectivity index (χ1n) is 11.2. The van der Waals surface area contributed by atoms with Crippen molar-refractivity contribution in [1.29, 1.82) is 0 Å². The second-order valence-electron chi connectivity index (χ2n) is 7.47. The molecule has 1 aromatic heterocycles. The molecule has 0 aliphatic heterocycles. The van der Waals surface area contributed by atoms with Crippen LogP contribution in [0.4, 0.5) is 5.13 Å². The number of carbonyl (C=O) groups excluding carboxylic acids is 3. The molecule has 0 spiro atoms. The van der Waals surface area contributed by atoms with Crippen LogP contribution >= 0.6 is 22.9 Å². The summed E-state index contributed by atoms with van der Waals surface area (Å²) in [6, 6.07) is 20.3. The zero-order valence-corrected chi connectivity index (χ0v) is 21.5. The minimum absolute atomic E-state index is 0.179. The number of benzene rings is 3. The molecule has 0 bridgehead atoms. The summed E-state index contributed by atoms with van der Waals surface area (Å²) in [4.78, 5) is 36.8. The van der Waals surface area contributed by atoms with Crippen molar-refractivity contribution in [3.8, 4) is 22.1 Å². The minimum Gasteiger partial charge on any atom is -0.490 e. The minimum atomic E-state index is -0.990. The summed E-state index contributed by atoms with van der Waals surface area (Å²) in [5.74, 6) is -2.00. The highest BCUT2D eigenvalue weighted by Crippen LogP contribution is 2.29. The van der Waals surface area contributed by atoms with Crippen molar-refractivity contribution in [3.63, 3.8) is 0 Å². The van der Waals surface area contributed by atoms with Gasteiger partial charge in [0.25, 0.3) is 0 Å². The lowest BCUT2D eigenvalue weighted by Gasteiger charge is -2.11. The molecule has 10 nitrogen and oxygen atoms in total. The predicted octanol–water partition coefficient (Wildman–Crippen LogP) is 4.57. The van der Waals surface area contributed by atoms with Gasteiger partial charge >= 0.3 is 17.8 Å². The number of nitrogens with one attached hydrogen (secondary N) is 2. The fourth-order valence-electron chi connectivity index (χ4n) is 3.04. The van der Waals surface area contributed by atoms with E-state index in [0.29, 0.717) is 33.5 Å². The van der Waals surface area contributed by atoms with Crippen LogP contribution in [0.15, 0.2) is 77.9 Å². The molecule has 0 radical (unpaired) electrons. The van der Waals surface area contributed by atoms with Gasteiger partial charge in [-0.3, -0.25) is 14.9 Å². The molecule has 0 saturated heterocycles. The van der Waals surface area contributed by atoms with Crippen LogP contribution in [0.25, 0.3) is 10.6 Å². The largest absolute Gasteiger partial charge is 0.490 e. The standard InChI is InChI=1S/C26H20ClN5O5S/c1-2-36-21-14-16(8-13-20(21)37-25(35)18-9-11-19(27)12-10-18)15-28-30-23(34)22(33)29-26-32-31-24(38-26)17-6-4-3-5-7-17/h3-15H,2H2,1H3,(H,30,34)(H,29,32,33)/b28-15+. The molecule has 0 aliphatic carbocycles. The number of anilines is 1.